The Morgan fingerprint density at radius 2 is 1.83 bits per heavy atom. The molecule has 3 fully saturated rings. The van der Waals surface area contributed by atoms with Gasteiger partial charge >= 0.3 is 12.2 Å². The Hall–Kier alpha value is -3.94. The summed E-state index contributed by atoms with van der Waals surface area (Å²) in [4.78, 5) is 72.1. The van der Waals surface area contributed by atoms with Crippen molar-refractivity contribution < 1.29 is 42.0 Å². The summed E-state index contributed by atoms with van der Waals surface area (Å²) in [6.45, 7) is 6.94. The molecule has 0 bridgehead atoms. The van der Waals surface area contributed by atoms with Crippen LogP contribution in [0.4, 0.5) is 14.0 Å². The standard InChI is InChI=1S/C38H51FN4O8S/c1-23-31(50-36(48)42-20-24-12-11-14-28(39)27(24)21-42)22-43-32(23)30(44)19-38(34(46)41-52(5,49)26-16-17-26)18-25(38)13-9-7-6-8-10-15-29(33(43)45)40-35(47)51-37(2,3)4/h9,11-14,23,25-26,29,31-32H,5-8,10,15-22H2,1-4H3,(H,40,47)(H,41,46,49)/b13-9-/t23-,25+,29-,31-,32-,38+,52?/m0/s1. The lowest BCUT2D eigenvalue weighted by Crippen LogP contribution is -2.53. The van der Waals surface area contributed by atoms with E-state index in [1.54, 1.807) is 39.8 Å². The molecule has 5 aliphatic rings. The van der Waals surface area contributed by atoms with E-state index in [0.29, 0.717) is 43.2 Å². The minimum Gasteiger partial charge on any atom is -0.444 e. The summed E-state index contributed by atoms with van der Waals surface area (Å²) in [5, 5.41) is 2.54. The molecule has 14 heteroatoms. The predicted octanol–water partition coefficient (Wildman–Crippen LogP) is 4.78. The number of carbonyl (C=O) groups excluding carboxylic acids is 5. The molecule has 2 N–H and O–H groups in total. The summed E-state index contributed by atoms with van der Waals surface area (Å²) in [6, 6.07) is 2.56. The smallest absolute Gasteiger partial charge is 0.410 e. The highest BCUT2D eigenvalue weighted by Gasteiger charge is 2.62. The molecular weight excluding hydrogens is 692 g/mol. The average Bonchev–Trinajstić information content (AvgIpc) is 3.95. The van der Waals surface area contributed by atoms with Crippen LogP contribution >= 0.6 is 0 Å². The van der Waals surface area contributed by atoms with Crippen LogP contribution in [-0.4, -0.2) is 85.2 Å². The molecule has 3 heterocycles. The van der Waals surface area contributed by atoms with Gasteiger partial charge in [-0.3, -0.25) is 24.0 Å². The Kier molecular flexibility index (Phi) is 10.5. The summed E-state index contributed by atoms with van der Waals surface area (Å²) in [5.74, 6) is 1.06. The molecule has 7 atom stereocenters. The number of alkyl carbamates (subject to hydrolysis) is 1. The topological polar surface area (TPSA) is 151 Å². The van der Waals surface area contributed by atoms with Crippen LogP contribution in [0.2, 0.25) is 0 Å². The van der Waals surface area contributed by atoms with Crippen LogP contribution in [0.15, 0.2) is 30.4 Å². The van der Waals surface area contributed by atoms with Gasteiger partial charge in [-0.25, -0.2) is 18.2 Å². The maximum absolute atomic E-state index is 14.5. The molecule has 2 saturated carbocycles. The second-order valence-electron chi connectivity index (χ2n) is 16.2. The van der Waals surface area contributed by atoms with Crippen LogP contribution in [0.5, 0.6) is 0 Å². The van der Waals surface area contributed by atoms with Crippen molar-refractivity contribution in [3.05, 3.63) is 47.3 Å². The zero-order valence-electron chi connectivity index (χ0n) is 30.5. The molecular formula is C38H51FN4O8S. The van der Waals surface area contributed by atoms with E-state index in [1.807, 2.05) is 12.2 Å². The van der Waals surface area contributed by atoms with Gasteiger partial charge in [0.25, 0.3) is 0 Å². The number of Topliss-reactive ketones (excluding diaryl/α,β-unsaturated/α-hetero) is 1. The van der Waals surface area contributed by atoms with E-state index in [-0.39, 0.29) is 37.2 Å². The van der Waals surface area contributed by atoms with Crippen molar-refractivity contribution in [2.75, 3.05) is 6.54 Å². The number of ether oxygens (including phenoxy) is 2. The number of hydrogen-bond donors (Lipinski definition) is 2. The van der Waals surface area contributed by atoms with Gasteiger partial charge in [0.15, 0.2) is 5.78 Å². The Bertz CT molecular complexity index is 1750. The third-order valence-electron chi connectivity index (χ3n) is 11.0. The molecule has 52 heavy (non-hydrogen) atoms. The van der Waals surface area contributed by atoms with E-state index in [0.717, 1.165) is 19.3 Å². The number of hydrogen-bond acceptors (Lipinski definition) is 8. The summed E-state index contributed by atoms with van der Waals surface area (Å²) in [6.07, 6.45) is 6.40. The van der Waals surface area contributed by atoms with Crippen LogP contribution in [0.25, 0.3) is 0 Å². The molecule has 6 rings (SSSR count). The number of nitrogens with zero attached hydrogens (tertiary/aromatic N) is 2. The van der Waals surface area contributed by atoms with Gasteiger partial charge < -0.3 is 19.7 Å². The number of fused-ring (bicyclic) bond motifs is 3. The van der Waals surface area contributed by atoms with E-state index in [2.05, 4.69) is 15.9 Å². The highest BCUT2D eigenvalue weighted by molar-refractivity contribution is 7.99. The van der Waals surface area contributed by atoms with Crippen molar-refractivity contribution in [1.82, 2.24) is 19.8 Å². The van der Waals surface area contributed by atoms with Gasteiger partial charge in [-0.15, -0.1) is 0 Å². The molecule has 4 amide bonds. The Morgan fingerprint density at radius 3 is 2.52 bits per heavy atom. The second kappa shape index (κ2) is 14.5. The molecule has 3 aliphatic heterocycles. The zero-order valence-corrected chi connectivity index (χ0v) is 31.3. The second-order valence-corrected chi connectivity index (χ2v) is 18.5. The number of rotatable bonds is 5. The lowest BCUT2D eigenvalue weighted by molar-refractivity contribution is -0.141. The van der Waals surface area contributed by atoms with E-state index < -0.39 is 80.4 Å². The molecule has 0 aromatic heterocycles. The fourth-order valence-corrected chi connectivity index (χ4v) is 9.39. The fourth-order valence-electron chi connectivity index (χ4n) is 7.81. The zero-order chi connectivity index (χ0) is 37.6. The Morgan fingerprint density at radius 1 is 1.08 bits per heavy atom. The molecule has 12 nitrogen and oxygen atoms in total. The SMILES string of the molecule is C=S(=O)(NC(=O)[C@]12CC(=O)[C@@H]3[C@@H](C)[C@@H](OC(=O)N4Cc5cccc(F)c5C4)CN3C(=O)[C@@H](NC(=O)OC(C)(C)C)CCCCC/C=C\[C@@H]1C2)C1CC1. The summed E-state index contributed by atoms with van der Waals surface area (Å²) in [5.41, 5.74) is -0.886. The van der Waals surface area contributed by atoms with Crippen LogP contribution in [0.1, 0.15) is 96.6 Å². The molecule has 1 aromatic carbocycles. The third-order valence-corrected chi connectivity index (χ3v) is 13.1. The van der Waals surface area contributed by atoms with Gasteiger partial charge in [0, 0.05) is 29.7 Å². The first-order valence-corrected chi connectivity index (χ1v) is 20.2. The van der Waals surface area contributed by atoms with E-state index >= 15 is 0 Å². The first-order valence-electron chi connectivity index (χ1n) is 18.4. The minimum absolute atomic E-state index is 0.0255. The minimum atomic E-state index is -2.89. The fraction of sp³-hybridized carbons (Fsp3) is 0.632. The van der Waals surface area contributed by atoms with Gasteiger partial charge in [0.1, 0.15) is 23.6 Å². The molecule has 2 aliphatic carbocycles. The molecule has 0 radical (unpaired) electrons. The first-order chi connectivity index (χ1) is 24.5. The molecule has 0 spiro atoms. The highest BCUT2D eigenvalue weighted by atomic mass is 32.2. The van der Waals surface area contributed by atoms with Gasteiger partial charge in [0.2, 0.25) is 11.8 Å². The van der Waals surface area contributed by atoms with Crippen LogP contribution in [0.3, 0.4) is 0 Å². The number of amides is 4. The van der Waals surface area contributed by atoms with Gasteiger partial charge in [-0.2, -0.15) is 0 Å². The molecule has 1 unspecified atom stereocenters. The van der Waals surface area contributed by atoms with Gasteiger partial charge in [-0.1, -0.05) is 44.1 Å². The molecule has 284 valence electrons. The van der Waals surface area contributed by atoms with E-state index in [9.17, 15) is 32.6 Å². The normalized spacial score (nSPS) is 31.1. The lowest BCUT2D eigenvalue weighted by Gasteiger charge is -2.31. The molecule has 1 aromatic rings. The number of ketones is 1. The summed E-state index contributed by atoms with van der Waals surface area (Å²) >= 11 is 0. The number of carbonyl (C=O) groups is 5. The van der Waals surface area contributed by atoms with Crippen molar-refractivity contribution in [3.8, 4) is 0 Å². The first kappa shape index (κ1) is 37.8. The van der Waals surface area contributed by atoms with E-state index in [4.69, 9.17) is 9.47 Å². The largest absolute Gasteiger partial charge is 0.444 e. The quantitative estimate of drug-likeness (QED) is 0.323. The van der Waals surface area contributed by atoms with Crippen LogP contribution in [0, 0.1) is 23.1 Å². The summed E-state index contributed by atoms with van der Waals surface area (Å²) in [7, 11) is -2.89. The van der Waals surface area contributed by atoms with E-state index in [1.165, 1.54) is 15.9 Å². The monoisotopic (exact) mass is 742 g/mol. The number of nitrogens with one attached hydrogen (secondary N) is 2. The molecule has 1 saturated heterocycles. The summed E-state index contributed by atoms with van der Waals surface area (Å²) < 4.78 is 41.9. The van der Waals surface area contributed by atoms with Crippen molar-refractivity contribution in [2.45, 2.75) is 128 Å². The number of benzene rings is 1. The lowest BCUT2D eigenvalue weighted by atomic mass is 9.87. The van der Waals surface area contributed by atoms with Crippen LogP contribution < -0.4 is 10.0 Å². The Labute approximate surface area is 305 Å². The van der Waals surface area contributed by atoms with Crippen LogP contribution in [-0.2, 0) is 46.7 Å². The predicted molar refractivity (Wildman–Crippen MR) is 193 cm³/mol. The Balaban J connectivity index is 1.28. The van der Waals surface area contributed by atoms with Crippen molar-refractivity contribution in [3.63, 3.8) is 0 Å². The maximum Gasteiger partial charge on any atom is 0.410 e. The maximum atomic E-state index is 14.5. The number of allylic oxidation sites excluding steroid dienone is 2. The highest BCUT2D eigenvalue weighted by Crippen LogP contribution is 2.57. The van der Waals surface area contributed by atoms with Crippen molar-refractivity contribution in [2.24, 2.45) is 17.3 Å². The third kappa shape index (κ3) is 8.16. The number of halogens is 1. The van der Waals surface area contributed by atoms with Crippen molar-refractivity contribution in [1.29, 1.82) is 0 Å². The van der Waals surface area contributed by atoms with Gasteiger partial charge in [-0.05, 0) is 82.7 Å². The average molecular weight is 743 g/mol. The van der Waals surface area contributed by atoms with Gasteiger partial charge in [0.05, 0.1) is 34.3 Å². The van der Waals surface area contributed by atoms with Crippen molar-refractivity contribution >= 4 is 45.4 Å².